The number of alkyl halides is 1. The fraction of sp³-hybridized carbons (Fsp3) is 0.615. The Bertz CT molecular complexity index is 625. The van der Waals surface area contributed by atoms with E-state index in [1.807, 2.05) is 6.92 Å². The first-order valence-electron chi connectivity index (χ1n) is 6.95. The third kappa shape index (κ3) is 4.11. The Labute approximate surface area is 132 Å². The van der Waals surface area contributed by atoms with Crippen molar-refractivity contribution in [3.05, 3.63) is 20.8 Å². The fourth-order valence-electron chi connectivity index (χ4n) is 1.99. The van der Waals surface area contributed by atoms with E-state index in [0.717, 1.165) is 17.7 Å². The summed E-state index contributed by atoms with van der Waals surface area (Å²) in [6, 6.07) is 0. The number of carbonyl (C=O) groups is 1. The van der Waals surface area contributed by atoms with Crippen LogP contribution in [0.5, 0.6) is 0 Å². The summed E-state index contributed by atoms with van der Waals surface area (Å²) in [5, 5.41) is 0. The van der Waals surface area contributed by atoms with Gasteiger partial charge in [-0.1, -0.05) is 13.3 Å². The second-order valence-electron chi connectivity index (χ2n) is 4.67. The molecule has 0 aliphatic carbocycles. The monoisotopic (exact) mass is 332 g/mol. The van der Waals surface area contributed by atoms with Crippen LogP contribution in [0.25, 0.3) is 0 Å². The number of carbonyl (C=O) groups excluding carboxylic acids is 1. The van der Waals surface area contributed by atoms with Gasteiger partial charge < -0.3 is 15.4 Å². The molecule has 124 valence electrons. The lowest BCUT2D eigenvalue weighted by Crippen LogP contribution is -2.43. The number of ether oxygens (including phenoxy) is 1. The second kappa shape index (κ2) is 8.60. The van der Waals surface area contributed by atoms with E-state index < -0.39 is 17.2 Å². The zero-order valence-electron chi connectivity index (χ0n) is 12.7. The highest BCUT2D eigenvalue weighted by Gasteiger charge is 2.23. The predicted octanol–water partition coefficient (Wildman–Crippen LogP) is 0.137. The molecule has 1 aromatic heterocycles. The van der Waals surface area contributed by atoms with E-state index in [2.05, 4.69) is 4.98 Å². The number of nitrogens with one attached hydrogen (secondary N) is 1. The minimum atomic E-state index is -0.718. The van der Waals surface area contributed by atoms with Crippen molar-refractivity contribution in [1.29, 1.82) is 0 Å². The van der Waals surface area contributed by atoms with Crippen molar-refractivity contribution in [2.45, 2.75) is 26.3 Å². The third-order valence-corrected chi connectivity index (χ3v) is 3.38. The van der Waals surface area contributed by atoms with Crippen LogP contribution in [-0.4, -0.2) is 41.6 Å². The van der Waals surface area contributed by atoms with Crippen LogP contribution in [0.2, 0.25) is 0 Å². The van der Waals surface area contributed by atoms with Crippen LogP contribution in [0, 0.1) is 0 Å². The Morgan fingerprint density at radius 1 is 1.45 bits per heavy atom. The molecule has 0 unspecified atom stereocenters. The number of hydrogen-bond donors (Lipinski definition) is 2. The quantitative estimate of drug-likeness (QED) is 0.658. The van der Waals surface area contributed by atoms with Gasteiger partial charge in [0.2, 0.25) is 5.91 Å². The highest BCUT2D eigenvalue weighted by atomic mass is 35.5. The number of nitrogens with two attached hydrogens (primary N) is 1. The van der Waals surface area contributed by atoms with Crippen molar-refractivity contribution in [3.8, 4) is 0 Å². The molecule has 1 amide bonds. The van der Waals surface area contributed by atoms with Crippen LogP contribution in [0.4, 0.5) is 11.5 Å². The Balaban J connectivity index is 3.38. The maximum Gasteiger partial charge on any atom is 0.330 e. The molecule has 0 saturated heterocycles. The standard InChI is InChI=1S/C13H21ClN4O4/c1-3-4-5-18-11(15)10(12(20)16-13(18)21)17(6-7-22-2)9(19)8-14/h3-8,15H2,1-2H3,(H,16,20,21). The summed E-state index contributed by atoms with van der Waals surface area (Å²) in [6.07, 6.45) is 1.57. The molecule has 0 aromatic carbocycles. The van der Waals surface area contributed by atoms with E-state index >= 15 is 0 Å². The lowest BCUT2D eigenvalue weighted by Gasteiger charge is -2.23. The van der Waals surface area contributed by atoms with Gasteiger partial charge in [0, 0.05) is 20.2 Å². The number of methoxy groups -OCH3 is 1. The molecule has 1 heterocycles. The SMILES string of the molecule is CCCCn1c(N)c(N(CCOC)C(=O)CCl)c(=O)[nH]c1=O. The molecule has 0 radical (unpaired) electrons. The van der Waals surface area contributed by atoms with Crippen LogP contribution >= 0.6 is 11.6 Å². The van der Waals surface area contributed by atoms with Gasteiger partial charge in [0.15, 0.2) is 5.69 Å². The number of aromatic amines is 1. The van der Waals surface area contributed by atoms with E-state index in [1.54, 1.807) is 0 Å². The van der Waals surface area contributed by atoms with E-state index in [1.165, 1.54) is 11.7 Å². The topological polar surface area (TPSA) is 110 Å². The summed E-state index contributed by atoms with van der Waals surface area (Å²) >= 11 is 5.58. The van der Waals surface area contributed by atoms with E-state index in [0.29, 0.717) is 6.54 Å². The molecular weight excluding hydrogens is 312 g/mol. The maximum absolute atomic E-state index is 12.1. The molecule has 0 atom stereocenters. The van der Waals surface area contributed by atoms with Gasteiger partial charge in [0.05, 0.1) is 6.61 Å². The molecule has 22 heavy (non-hydrogen) atoms. The average Bonchev–Trinajstić information content (AvgIpc) is 2.49. The first-order chi connectivity index (χ1) is 10.5. The normalized spacial score (nSPS) is 10.7. The van der Waals surface area contributed by atoms with Crippen molar-refractivity contribution in [2.24, 2.45) is 0 Å². The zero-order valence-corrected chi connectivity index (χ0v) is 13.5. The van der Waals surface area contributed by atoms with Gasteiger partial charge in [0.25, 0.3) is 5.56 Å². The number of amides is 1. The van der Waals surface area contributed by atoms with Crippen LogP contribution in [-0.2, 0) is 16.1 Å². The number of hydrogen-bond acceptors (Lipinski definition) is 5. The Morgan fingerprint density at radius 3 is 2.68 bits per heavy atom. The largest absolute Gasteiger partial charge is 0.383 e. The lowest BCUT2D eigenvalue weighted by atomic mass is 10.3. The summed E-state index contributed by atoms with van der Waals surface area (Å²) in [5.41, 5.74) is 4.57. The molecular formula is C13H21ClN4O4. The smallest absolute Gasteiger partial charge is 0.330 e. The molecule has 0 fully saturated rings. The molecule has 0 saturated carbocycles. The predicted molar refractivity (Wildman–Crippen MR) is 85.6 cm³/mol. The number of unbranched alkanes of at least 4 members (excludes halogenated alkanes) is 1. The number of anilines is 2. The molecule has 0 bridgehead atoms. The molecule has 9 heteroatoms. The Kier molecular flexibility index (Phi) is 7.13. The van der Waals surface area contributed by atoms with Crippen molar-refractivity contribution in [3.63, 3.8) is 0 Å². The average molecular weight is 333 g/mol. The molecule has 8 nitrogen and oxygen atoms in total. The summed E-state index contributed by atoms with van der Waals surface area (Å²) in [7, 11) is 1.47. The molecule has 0 spiro atoms. The van der Waals surface area contributed by atoms with Crippen LogP contribution in [0.15, 0.2) is 9.59 Å². The summed E-state index contributed by atoms with van der Waals surface area (Å²) < 4.78 is 6.18. The molecule has 3 N–H and O–H groups in total. The number of aromatic nitrogens is 2. The Hall–Kier alpha value is -1.80. The highest BCUT2D eigenvalue weighted by molar-refractivity contribution is 6.29. The summed E-state index contributed by atoms with van der Waals surface area (Å²) in [6.45, 7) is 2.64. The molecule has 1 aromatic rings. The van der Waals surface area contributed by atoms with Crippen LogP contribution in [0.3, 0.4) is 0 Å². The number of rotatable bonds is 8. The van der Waals surface area contributed by atoms with Gasteiger partial charge in [-0.2, -0.15) is 0 Å². The first-order valence-corrected chi connectivity index (χ1v) is 7.49. The third-order valence-electron chi connectivity index (χ3n) is 3.15. The van der Waals surface area contributed by atoms with Crippen molar-refractivity contribution in [2.75, 3.05) is 36.8 Å². The van der Waals surface area contributed by atoms with Gasteiger partial charge in [0.1, 0.15) is 11.7 Å². The molecule has 0 aliphatic rings. The van der Waals surface area contributed by atoms with Gasteiger partial charge in [-0.25, -0.2) is 4.79 Å². The first kappa shape index (κ1) is 18.2. The second-order valence-corrected chi connectivity index (χ2v) is 4.94. The maximum atomic E-state index is 12.1. The number of nitrogen functional groups attached to an aromatic ring is 1. The minimum Gasteiger partial charge on any atom is -0.383 e. The molecule has 1 rings (SSSR count). The van der Waals surface area contributed by atoms with Gasteiger partial charge in [-0.3, -0.25) is 19.1 Å². The lowest BCUT2D eigenvalue weighted by molar-refractivity contribution is -0.116. The van der Waals surface area contributed by atoms with Gasteiger partial charge in [-0.15, -0.1) is 11.6 Å². The summed E-state index contributed by atoms with van der Waals surface area (Å²) in [4.78, 5) is 39.3. The molecule has 0 aliphatic heterocycles. The minimum absolute atomic E-state index is 0.0447. The fourth-order valence-corrected chi connectivity index (χ4v) is 2.14. The van der Waals surface area contributed by atoms with Crippen molar-refractivity contribution < 1.29 is 9.53 Å². The van der Waals surface area contributed by atoms with E-state index in [4.69, 9.17) is 22.1 Å². The van der Waals surface area contributed by atoms with Gasteiger partial charge in [-0.05, 0) is 6.42 Å². The zero-order chi connectivity index (χ0) is 16.7. The van der Waals surface area contributed by atoms with Crippen molar-refractivity contribution >= 4 is 29.0 Å². The van der Waals surface area contributed by atoms with Crippen molar-refractivity contribution in [1.82, 2.24) is 9.55 Å². The number of nitrogens with zero attached hydrogens (tertiary/aromatic N) is 2. The van der Waals surface area contributed by atoms with Crippen LogP contribution < -0.4 is 21.9 Å². The van der Waals surface area contributed by atoms with Crippen LogP contribution in [0.1, 0.15) is 19.8 Å². The number of halogens is 1. The highest BCUT2D eigenvalue weighted by Crippen LogP contribution is 2.17. The van der Waals surface area contributed by atoms with Gasteiger partial charge >= 0.3 is 5.69 Å². The Morgan fingerprint density at radius 2 is 2.14 bits per heavy atom. The summed E-state index contributed by atoms with van der Waals surface area (Å²) in [5.74, 6) is -0.843. The van der Waals surface area contributed by atoms with E-state index in [-0.39, 0.29) is 30.5 Å². The number of H-pyrrole nitrogens is 1. The van der Waals surface area contributed by atoms with E-state index in [9.17, 15) is 14.4 Å².